The summed E-state index contributed by atoms with van der Waals surface area (Å²) in [6, 6.07) is 7.00. The average Bonchev–Trinajstić information content (AvgIpc) is 2.86. The third-order valence-corrected chi connectivity index (χ3v) is 6.42. The van der Waals surface area contributed by atoms with E-state index in [1.54, 1.807) is 35.4 Å². The van der Waals surface area contributed by atoms with Gasteiger partial charge in [0.05, 0.1) is 19.3 Å². The van der Waals surface area contributed by atoms with Gasteiger partial charge in [0.15, 0.2) is 5.65 Å². The van der Waals surface area contributed by atoms with Crippen LogP contribution in [-0.4, -0.2) is 44.7 Å². The van der Waals surface area contributed by atoms with Crippen molar-refractivity contribution in [3.63, 3.8) is 0 Å². The number of halogens is 1. The Morgan fingerprint density at radius 3 is 2.56 bits per heavy atom. The summed E-state index contributed by atoms with van der Waals surface area (Å²) in [6.07, 6.45) is 7.78. The van der Waals surface area contributed by atoms with E-state index in [0.29, 0.717) is 47.1 Å². The summed E-state index contributed by atoms with van der Waals surface area (Å²) in [6.45, 7) is 3.43. The van der Waals surface area contributed by atoms with Crippen molar-refractivity contribution in [2.75, 3.05) is 25.1 Å². The van der Waals surface area contributed by atoms with Gasteiger partial charge < -0.3 is 9.64 Å². The summed E-state index contributed by atoms with van der Waals surface area (Å²) < 4.78 is 21.4. The molecule has 1 saturated heterocycles. The number of pyridine rings is 1. The highest BCUT2D eigenvalue weighted by Gasteiger charge is 2.27. The largest absolute Gasteiger partial charge is 0.480 e. The second kappa shape index (κ2) is 9.17. The van der Waals surface area contributed by atoms with Gasteiger partial charge in [-0.2, -0.15) is 0 Å². The number of hydrogen-bond acceptors (Lipinski definition) is 7. The van der Waals surface area contributed by atoms with Crippen LogP contribution in [0.3, 0.4) is 0 Å². The minimum atomic E-state index is -0.209. The zero-order chi connectivity index (χ0) is 23.7. The fourth-order valence-electron chi connectivity index (χ4n) is 4.77. The molecule has 8 nitrogen and oxygen atoms in total. The first-order chi connectivity index (χ1) is 16.6. The van der Waals surface area contributed by atoms with Gasteiger partial charge in [-0.3, -0.25) is 19.3 Å². The van der Waals surface area contributed by atoms with E-state index in [2.05, 4.69) is 24.8 Å². The number of aromatic nitrogens is 5. The Kier molecular flexibility index (Phi) is 5.91. The summed E-state index contributed by atoms with van der Waals surface area (Å²) >= 11 is 0. The predicted molar refractivity (Wildman–Crippen MR) is 127 cm³/mol. The predicted octanol–water partition coefficient (Wildman–Crippen LogP) is 3.47. The van der Waals surface area contributed by atoms with E-state index in [1.807, 2.05) is 19.1 Å². The Morgan fingerprint density at radius 2 is 1.79 bits per heavy atom. The molecule has 4 heterocycles. The van der Waals surface area contributed by atoms with Crippen LogP contribution in [0.1, 0.15) is 35.6 Å². The molecule has 0 aliphatic carbocycles. The maximum atomic E-state index is 14.5. The number of para-hydroxylation sites is 1. The zero-order valence-corrected chi connectivity index (χ0v) is 19.1. The minimum Gasteiger partial charge on any atom is -0.480 e. The first-order valence-corrected chi connectivity index (χ1v) is 11.2. The Hall–Kier alpha value is -3.88. The van der Waals surface area contributed by atoms with E-state index in [1.165, 1.54) is 13.2 Å². The second-order valence-corrected chi connectivity index (χ2v) is 8.44. The van der Waals surface area contributed by atoms with Crippen molar-refractivity contribution in [2.45, 2.75) is 32.2 Å². The van der Waals surface area contributed by atoms with Crippen molar-refractivity contribution in [3.05, 3.63) is 82.0 Å². The van der Waals surface area contributed by atoms with Crippen LogP contribution in [0.15, 0.2) is 53.8 Å². The summed E-state index contributed by atoms with van der Waals surface area (Å²) in [5.74, 6) is 0.197. The number of benzene rings is 1. The van der Waals surface area contributed by atoms with E-state index in [9.17, 15) is 9.18 Å². The van der Waals surface area contributed by atoms with Crippen LogP contribution in [-0.2, 0) is 6.54 Å². The number of anilines is 1. The van der Waals surface area contributed by atoms with Crippen LogP contribution in [0.5, 0.6) is 5.88 Å². The van der Waals surface area contributed by atoms with Crippen LogP contribution < -0.4 is 15.2 Å². The van der Waals surface area contributed by atoms with Gasteiger partial charge in [-0.15, -0.1) is 0 Å². The summed E-state index contributed by atoms with van der Waals surface area (Å²) in [5.41, 5.74) is 3.82. The summed E-state index contributed by atoms with van der Waals surface area (Å²) in [5, 5.41) is 0. The topological polar surface area (TPSA) is 86.0 Å². The SMILES string of the molecule is COc1nccnc1Cn1c(=O)c(C2CCN(c3c(C)cccc3F)CC2)cc2nccnc21. The number of ether oxygens (including phenoxy) is 1. The van der Waals surface area contributed by atoms with Crippen molar-refractivity contribution >= 4 is 16.9 Å². The van der Waals surface area contributed by atoms with Crippen molar-refractivity contribution in [1.29, 1.82) is 0 Å². The Balaban J connectivity index is 1.49. The molecule has 4 aromatic rings. The van der Waals surface area contributed by atoms with Crippen molar-refractivity contribution in [2.24, 2.45) is 0 Å². The number of hydrogen-bond donors (Lipinski definition) is 0. The first kappa shape index (κ1) is 21.9. The zero-order valence-electron chi connectivity index (χ0n) is 19.1. The second-order valence-electron chi connectivity index (χ2n) is 8.44. The van der Waals surface area contributed by atoms with Gasteiger partial charge in [-0.1, -0.05) is 12.1 Å². The summed E-state index contributed by atoms with van der Waals surface area (Å²) in [7, 11) is 1.52. The lowest BCUT2D eigenvalue weighted by atomic mass is 9.89. The van der Waals surface area contributed by atoms with Gasteiger partial charge in [-0.25, -0.2) is 14.4 Å². The molecular formula is C25H25FN6O2. The van der Waals surface area contributed by atoms with E-state index in [-0.39, 0.29) is 23.8 Å². The smallest absolute Gasteiger partial charge is 0.256 e. The molecular weight excluding hydrogens is 435 g/mol. The summed E-state index contributed by atoms with van der Waals surface area (Å²) in [4.78, 5) is 33.2. The molecule has 0 unspecified atom stereocenters. The van der Waals surface area contributed by atoms with E-state index < -0.39 is 0 Å². The molecule has 5 rings (SSSR count). The molecule has 1 aliphatic heterocycles. The molecule has 9 heteroatoms. The van der Waals surface area contributed by atoms with Gasteiger partial charge in [0, 0.05) is 43.4 Å². The third-order valence-electron chi connectivity index (χ3n) is 6.42. The third kappa shape index (κ3) is 3.98. The minimum absolute atomic E-state index is 0.0391. The number of nitrogens with zero attached hydrogens (tertiary/aromatic N) is 6. The van der Waals surface area contributed by atoms with Crippen LogP contribution in [0, 0.1) is 12.7 Å². The van der Waals surface area contributed by atoms with Gasteiger partial charge in [0.1, 0.15) is 17.0 Å². The number of methoxy groups -OCH3 is 1. The molecule has 0 radical (unpaired) electrons. The Labute approximate surface area is 196 Å². The van der Waals surface area contributed by atoms with Crippen LogP contribution in [0.25, 0.3) is 11.2 Å². The molecule has 3 aromatic heterocycles. The molecule has 0 bridgehead atoms. The maximum Gasteiger partial charge on any atom is 0.256 e. The van der Waals surface area contributed by atoms with Crippen molar-refractivity contribution in [1.82, 2.24) is 24.5 Å². The normalized spacial score (nSPS) is 14.5. The van der Waals surface area contributed by atoms with Crippen molar-refractivity contribution in [3.8, 4) is 5.88 Å². The highest BCUT2D eigenvalue weighted by Crippen LogP contribution is 2.32. The number of piperidine rings is 1. The lowest BCUT2D eigenvalue weighted by Crippen LogP contribution is -2.36. The van der Waals surface area contributed by atoms with Gasteiger partial charge >= 0.3 is 0 Å². The Morgan fingerprint density at radius 1 is 1.06 bits per heavy atom. The molecule has 1 fully saturated rings. The lowest BCUT2D eigenvalue weighted by molar-refractivity contribution is 0.387. The molecule has 34 heavy (non-hydrogen) atoms. The highest BCUT2D eigenvalue weighted by molar-refractivity contribution is 5.71. The van der Waals surface area contributed by atoms with Crippen LogP contribution in [0.2, 0.25) is 0 Å². The molecule has 0 N–H and O–H groups in total. The Bertz CT molecular complexity index is 1380. The lowest BCUT2D eigenvalue weighted by Gasteiger charge is -2.34. The highest BCUT2D eigenvalue weighted by atomic mass is 19.1. The fourth-order valence-corrected chi connectivity index (χ4v) is 4.77. The number of rotatable bonds is 5. The molecule has 0 saturated carbocycles. The molecule has 1 aliphatic rings. The van der Waals surface area contributed by atoms with E-state index in [4.69, 9.17) is 4.74 Å². The first-order valence-electron chi connectivity index (χ1n) is 11.2. The van der Waals surface area contributed by atoms with E-state index in [0.717, 1.165) is 18.4 Å². The van der Waals surface area contributed by atoms with Gasteiger partial charge in [0.2, 0.25) is 5.88 Å². The maximum absolute atomic E-state index is 14.5. The van der Waals surface area contributed by atoms with Gasteiger partial charge in [0.25, 0.3) is 5.56 Å². The van der Waals surface area contributed by atoms with Crippen LogP contribution >= 0.6 is 0 Å². The average molecular weight is 461 g/mol. The molecule has 0 atom stereocenters. The molecule has 0 amide bonds. The fraction of sp³-hybridized carbons (Fsp3) is 0.320. The van der Waals surface area contributed by atoms with Crippen molar-refractivity contribution < 1.29 is 9.13 Å². The number of aryl methyl sites for hydroxylation is 1. The molecule has 1 aromatic carbocycles. The number of fused-ring (bicyclic) bond motifs is 1. The molecule has 0 spiro atoms. The van der Waals surface area contributed by atoms with E-state index >= 15 is 0 Å². The van der Waals surface area contributed by atoms with Crippen LogP contribution in [0.4, 0.5) is 10.1 Å². The molecule has 174 valence electrons. The quantitative estimate of drug-likeness (QED) is 0.451. The standard InChI is InChI=1S/C25H25FN6O2/c1-16-4-3-5-19(26)22(16)31-12-6-17(7-13-31)18-14-20-23(29-10-8-27-20)32(25(18)33)15-21-24(34-2)30-11-9-28-21/h3-5,8-11,14,17H,6-7,12-13,15H2,1-2H3. The van der Waals surface area contributed by atoms with Gasteiger partial charge in [-0.05, 0) is 43.4 Å². The monoisotopic (exact) mass is 460 g/mol.